The molecule has 0 saturated carbocycles. The lowest BCUT2D eigenvalue weighted by Gasteiger charge is -2.32. The van der Waals surface area contributed by atoms with Gasteiger partial charge in [-0.1, -0.05) is 18.2 Å². The van der Waals surface area contributed by atoms with Gasteiger partial charge >= 0.3 is 0 Å². The molecule has 0 radical (unpaired) electrons. The molecule has 0 aliphatic carbocycles. The van der Waals surface area contributed by atoms with Gasteiger partial charge in [-0.25, -0.2) is 0 Å². The van der Waals surface area contributed by atoms with Crippen LogP contribution >= 0.6 is 0 Å². The van der Waals surface area contributed by atoms with E-state index in [-0.39, 0.29) is 11.9 Å². The highest BCUT2D eigenvalue weighted by Gasteiger charge is 2.27. The lowest BCUT2D eigenvalue weighted by Crippen LogP contribution is -2.40. The highest BCUT2D eigenvalue weighted by Crippen LogP contribution is 2.24. The Bertz CT molecular complexity index is 758. The highest BCUT2D eigenvalue weighted by molar-refractivity contribution is 5.96. The van der Waals surface area contributed by atoms with Gasteiger partial charge in [0.25, 0.3) is 5.91 Å². The molecule has 1 aromatic carbocycles. The fourth-order valence-corrected chi connectivity index (χ4v) is 3.09. The number of fused-ring (bicyclic) bond motifs is 1. The molecule has 0 unspecified atom stereocenters. The molecule has 1 aliphatic rings. The second-order valence-corrected chi connectivity index (χ2v) is 5.68. The molecule has 0 N–H and O–H groups in total. The van der Waals surface area contributed by atoms with E-state index in [9.17, 15) is 4.79 Å². The molecule has 5 nitrogen and oxygen atoms in total. The first-order chi connectivity index (χ1) is 10.8. The van der Waals surface area contributed by atoms with Gasteiger partial charge in [-0.15, -0.1) is 0 Å². The molecule has 4 rings (SSSR count). The number of rotatable bonds is 2. The topological polar surface area (TPSA) is 51.3 Å². The third kappa shape index (κ3) is 2.28. The van der Waals surface area contributed by atoms with Gasteiger partial charge in [-0.3, -0.25) is 9.48 Å². The van der Waals surface area contributed by atoms with Crippen LogP contribution in [0.15, 0.2) is 53.2 Å². The van der Waals surface area contributed by atoms with Crippen molar-refractivity contribution >= 4 is 16.9 Å². The van der Waals surface area contributed by atoms with Gasteiger partial charge < -0.3 is 9.32 Å². The van der Waals surface area contributed by atoms with Gasteiger partial charge in [-0.05, 0) is 31.0 Å². The van der Waals surface area contributed by atoms with Gasteiger partial charge in [0, 0.05) is 30.9 Å². The van der Waals surface area contributed by atoms with Gasteiger partial charge in [0.1, 0.15) is 5.58 Å². The lowest BCUT2D eigenvalue weighted by atomic mass is 10.1. The Kier molecular flexibility index (Phi) is 3.18. The standard InChI is InChI=1S/C17H17N3O2/c21-17(16-11-13-5-1-2-7-15(13)22-16)19-9-3-6-14(12-19)20-10-4-8-18-20/h1-2,4-5,7-8,10-11,14H,3,6,9,12H2/t14-/m1/s1. The summed E-state index contributed by atoms with van der Waals surface area (Å²) in [5, 5.41) is 5.26. The van der Waals surface area contributed by atoms with Gasteiger partial charge in [0.15, 0.2) is 5.76 Å². The lowest BCUT2D eigenvalue weighted by molar-refractivity contribution is 0.0643. The molecule has 22 heavy (non-hydrogen) atoms. The van der Waals surface area contributed by atoms with E-state index in [1.165, 1.54) is 0 Å². The SMILES string of the molecule is O=C(c1cc2ccccc2o1)N1CCC[C@@H](n2cccn2)C1. The van der Waals surface area contributed by atoms with E-state index < -0.39 is 0 Å². The van der Waals surface area contributed by atoms with Crippen molar-refractivity contribution in [2.24, 2.45) is 0 Å². The summed E-state index contributed by atoms with van der Waals surface area (Å²) in [6.45, 7) is 1.45. The predicted octanol–water partition coefficient (Wildman–Crippen LogP) is 3.11. The zero-order chi connectivity index (χ0) is 14.9. The van der Waals surface area contributed by atoms with E-state index in [4.69, 9.17) is 4.42 Å². The number of aromatic nitrogens is 2. The summed E-state index contributed by atoms with van der Waals surface area (Å²) in [6.07, 6.45) is 5.77. The van der Waals surface area contributed by atoms with Crippen molar-refractivity contribution in [1.82, 2.24) is 14.7 Å². The van der Waals surface area contributed by atoms with Crippen molar-refractivity contribution in [3.05, 3.63) is 54.6 Å². The Morgan fingerprint density at radius 3 is 3.00 bits per heavy atom. The van der Waals surface area contributed by atoms with E-state index in [1.807, 2.05) is 52.2 Å². The van der Waals surface area contributed by atoms with E-state index >= 15 is 0 Å². The van der Waals surface area contributed by atoms with Gasteiger partial charge in [0.05, 0.1) is 6.04 Å². The number of nitrogens with zero attached hydrogens (tertiary/aromatic N) is 3. The number of amides is 1. The van der Waals surface area contributed by atoms with Crippen LogP contribution in [-0.2, 0) is 0 Å². The Labute approximate surface area is 128 Å². The average molecular weight is 295 g/mol. The third-order valence-corrected chi connectivity index (χ3v) is 4.22. The number of likely N-dealkylation sites (tertiary alicyclic amines) is 1. The zero-order valence-electron chi connectivity index (χ0n) is 12.2. The summed E-state index contributed by atoms with van der Waals surface area (Å²) < 4.78 is 7.64. The number of piperidine rings is 1. The molecule has 1 atom stereocenters. The molecular formula is C17H17N3O2. The largest absolute Gasteiger partial charge is 0.451 e. The molecule has 3 aromatic rings. The maximum Gasteiger partial charge on any atom is 0.289 e. The number of carbonyl (C=O) groups excluding carboxylic acids is 1. The van der Waals surface area contributed by atoms with Crippen LogP contribution in [0.4, 0.5) is 0 Å². The molecule has 5 heteroatoms. The maximum absolute atomic E-state index is 12.7. The van der Waals surface area contributed by atoms with Crippen LogP contribution in [0.5, 0.6) is 0 Å². The third-order valence-electron chi connectivity index (χ3n) is 4.22. The van der Waals surface area contributed by atoms with Gasteiger partial charge in [0.2, 0.25) is 0 Å². The summed E-state index contributed by atoms with van der Waals surface area (Å²) in [6, 6.07) is 11.7. The van der Waals surface area contributed by atoms with Crippen molar-refractivity contribution in [3.63, 3.8) is 0 Å². The molecule has 1 amide bonds. The van der Waals surface area contributed by atoms with E-state index in [0.717, 1.165) is 30.4 Å². The maximum atomic E-state index is 12.7. The molecule has 1 aliphatic heterocycles. The van der Waals surface area contributed by atoms with Crippen molar-refractivity contribution < 1.29 is 9.21 Å². The minimum absolute atomic E-state index is 0.0342. The first-order valence-corrected chi connectivity index (χ1v) is 7.58. The quantitative estimate of drug-likeness (QED) is 0.730. The Morgan fingerprint density at radius 1 is 1.27 bits per heavy atom. The predicted molar refractivity (Wildman–Crippen MR) is 82.6 cm³/mol. The number of para-hydroxylation sites is 1. The zero-order valence-corrected chi connectivity index (χ0v) is 12.2. The average Bonchev–Trinajstić information content (AvgIpc) is 3.23. The number of furan rings is 1. The smallest absolute Gasteiger partial charge is 0.289 e. The summed E-state index contributed by atoms with van der Waals surface area (Å²) in [5.74, 6) is 0.385. The first-order valence-electron chi connectivity index (χ1n) is 7.58. The van der Waals surface area contributed by atoms with Crippen LogP contribution < -0.4 is 0 Å². The molecule has 1 fully saturated rings. The van der Waals surface area contributed by atoms with Crippen molar-refractivity contribution in [3.8, 4) is 0 Å². The van der Waals surface area contributed by atoms with Crippen LogP contribution in [0.25, 0.3) is 11.0 Å². The summed E-state index contributed by atoms with van der Waals surface area (Å²) >= 11 is 0. The highest BCUT2D eigenvalue weighted by atomic mass is 16.3. The molecule has 1 saturated heterocycles. The monoisotopic (exact) mass is 295 g/mol. The number of hydrogen-bond donors (Lipinski definition) is 0. The second kappa shape index (κ2) is 5.33. The van der Waals surface area contributed by atoms with Gasteiger partial charge in [-0.2, -0.15) is 5.10 Å². The van der Waals surface area contributed by atoms with Crippen LogP contribution in [0.3, 0.4) is 0 Å². The molecule has 3 heterocycles. The van der Waals surface area contributed by atoms with E-state index in [0.29, 0.717) is 12.3 Å². The summed E-state index contributed by atoms with van der Waals surface area (Å²) in [5.41, 5.74) is 0.756. The normalized spacial score (nSPS) is 18.7. The van der Waals surface area contributed by atoms with Crippen LogP contribution in [0.2, 0.25) is 0 Å². The molecular weight excluding hydrogens is 278 g/mol. The second-order valence-electron chi connectivity index (χ2n) is 5.68. The van der Waals surface area contributed by atoms with Crippen LogP contribution in [0, 0.1) is 0 Å². The number of carbonyl (C=O) groups is 1. The van der Waals surface area contributed by atoms with Crippen molar-refractivity contribution in [1.29, 1.82) is 0 Å². The van der Waals surface area contributed by atoms with E-state index in [1.54, 1.807) is 6.20 Å². The number of benzene rings is 1. The molecule has 2 aromatic heterocycles. The minimum atomic E-state index is -0.0342. The van der Waals surface area contributed by atoms with Crippen LogP contribution in [-0.4, -0.2) is 33.7 Å². The minimum Gasteiger partial charge on any atom is -0.451 e. The van der Waals surface area contributed by atoms with Crippen molar-refractivity contribution in [2.75, 3.05) is 13.1 Å². The Balaban J connectivity index is 1.56. The summed E-state index contributed by atoms with van der Waals surface area (Å²) in [7, 11) is 0. The van der Waals surface area contributed by atoms with Crippen molar-refractivity contribution in [2.45, 2.75) is 18.9 Å². The molecule has 0 bridgehead atoms. The Hall–Kier alpha value is -2.56. The molecule has 112 valence electrons. The summed E-state index contributed by atoms with van der Waals surface area (Å²) in [4.78, 5) is 14.6. The van der Waals surface area contributed by atoms with Crippen LogP contribution in [0.1, 0.15) is 29.4 Å². The number of hydrogen-bond acceptors (Lipinski definition) is 3. The fourth-order valence-electron chi connectivity index (χ4n) is 3.09. The van der Waals surface area contributed by atoms with E-state index in [2.05, 4.69) is 5.10 Å². The molecule has 0 spiro atoms. The fraction of sp³-hybridized carbons (Fsp3) is 0.294. The Morgan fingerprint density at radius 2 is 2.18 bits per heavy atom. The first kappa shape index (κ1) is 13.1.